The number of hydrogen-bond acceptors (Lipinski definition) is 12. The third-order valence-electron chi connectivity index (χ3n) is 28.5. The summed E-state index contributed by atoms with van der Waals surface area (Å²) in [5, 5.41) is 35.6. The predicted octanol–water partition coefficient (Wildman–Crippen LogP) is 10.5. The first-order valence-electron chi connectivity index (χ1n) is 37.0. The van der Waals surface area contributed by atoms with Crippen molar-refractivity contribution < 1.29 is 39.2 Å². The number of likely N-dealkylation sites (tertiary alicyclic amines) is 4. The van der Waals surface area contributed by atoms with E-state index in [0.717, 1.165) is 120 Å². The largest absolute Gasteiger partial charge is 0.481 e. The van der Waals surface area contributed by atoms with E-state index in [-0.39, 0.29) is 40.2 Å². The Balaban J connectivity index is 0.0000000948. The standard InChI is InChI=1S/C21H25NO3.C21H27NO2.C21H27NO.C18H23NO2/c1-12-2-5-14-10-16-21(24)7-6-15(23)19-20(21,17(14)18(12)25-19)8-9-22(16)11-13-3-4-13;1-14-2-5-16-11-19-21(24)7-6-17(23)12-20(21,18(16)10-14)8-9-22(19)13-15-3-4-15;1-14-2-5-16-11-20-18-7-6-17(23)12-21(18,19(16)10-14)8-9-22(20)13-15-3-4-15;1-12-3-4-13-10-16-18(21)6-5-14(20)11-17(18,15(13)9-12)7-8-19(16)2/h2,5,13,16,19,24H,3-4,6-11H2,1H3;2,5,10,15,19,24H,3-4,6-9,11-13H2,1H3;2,5,10,15,18,20H,3-4,6-9,11-13H2,1H3;3-4,9,16,21H,5-8,10-11H2,1-2H3/t16-,19?,20+,21-;19-,20-,21-;18-,20+,21-;16-,17-,18-/m1101/s1. The van der Waals surface area contributed by atoms with Crippen molar-refractivity contribution in [2.24, 2.45) is 23.7 Å². The van der Waals surface area contributed by atoms with Crippen LogP contribution in [-0.4, -0.2) is 158 Å². The molecule has 13 atom stereocenters. The lowest BCUT2D eigenvalue weighted by atomic mass is 9.49. The van der Waals surface area contributed by atoms with Gasteiger partial charge in [0.15, 0.2) is 11.9 Å². The van der Waals surface area contributed by atoms with Gasteiger partial charge in [-0.05, 0) is 245 Å². The second-order valence-corrected chi connectivity index (χ2v) is 33.8. The molecule has 11 fully saturated rings. The van der Waals surface area contributed by atoms with E-state index in [9.17, 15) is 34.5 Å². The van der Waals surface area contributed by atoms with Gasteiger partial charge in [0.1, 0.15) is 23.1 Å². The normalized spacial score (nSPS) is 38.9. The van der Waals surface area contributed by atoms with Gasteiger partial charge in [0.2, 0.25) is 0 Å². The van der Waals surface area contributed by atoms with Crippen LogP contribution in [0.1, 0.15) is 202 Å². The number of aliphatic hydroxyl groups is 3. The Morgan fingerprint density at radius 1 is 0.473 bits per heavy atom. The molecule has 0 aromatic heterocycles. The van der Waals surface area contributed by atoms with Gasteiger partial charge in [0.05, 0.1) is 22.2 Å². The van der Waals surface area contributed by atoms with E-state index in [1.165, 1.54) is 126 Å². The van der Waals surface area contributed by atoms with Crippen LogP contribution >= 0.6 is 0 Å². The van der Waals surface area contributed by atoms with E-state index in [1.807, 2.05) is 0 Å². The van der Waals surface area contributed by atoms with Crippen LogP contribution in [0.15, 0.2) is 66.7 Å². The Morgan fingerprint density at radius 3 is 1.57 bits per heavy atom. The molecule has 4 saturated heterocycles. The van der Waals surface area contributed by atoms with Crippen molar-refractivity contribution in [1.29, 1.82) is 0 Å². The lowest BCUT2D eigenvalue weighted by Crippen LogP contribution is -2.76. The highest BCUT2D eigenvalue weighted by Crippen LogP contribution is 2.65. The fourth-order valence-electron chi connectivity index (χ4n) is 23.3. The van der Waals surface area contributed by atoms with E-state index in [0.29, 0.717) is 80.7 Å². The summed E-state index contributed by atoms with van der Waals surface area (Å²) in [6.07, 6.45) is 22.7. The van der Waals surface area contributed by atoms with Gasteiger partial charge in [-0.1, -0.05) is 83.4 Å². The van der Waals surface area contributed by atoms with Crippen LogP contribution in [0.4, 0.5) is 0 Å². The zero-order chi connectivity index (χ0) is 63.9. The SMILES string of the molecule is Cc1ccc2c(c1)[C@]13CCN(C)[C@H](C2)[C@]1(O)CCC(=O)C3.Cc1ccc2c(c1)[C@]13CCN(CC4CC4)[C@H](C2)[C@@H]1CCC(=O)C3.Cc1ccc2c(c1)[C@]13CCN(CC4CC4)[C@H](C2)[C@]1(O)CCC(=O)C3.Cc1ccc2c3c1OC1C(=O)CC[C@@]4(O)[C@@H](C2)N(CC2CC2)CC[C@]314. The lowest BCUT2D eigenvalue weighted by Gasteiger charge is -2.63. The van der Waals surface area contributed by atoms with Gasteiger partial charge in [-0.3, -0.25) is 33.9 Å². The van der Waals surface area contributed by atoms with Crippen molar-refractivity contribution in [2.45, 2.75) is 257 Å². The lowest BCUT2D eigenvalue weighted by molar-refractivity contribution is -0.188. The van der Waals surface area contributed by atoms with Crippen molar-refractivity contribution in [2.75, 3.05) is 52.9 Å². The number of carbonyl (C=O) groups excluding carboxylic acids is 4. The molecule has 93 heavy (non-hydrogen) atoms. The summed E-state index contributed by atoms with van der Waals surface area (Å²) in [6.45, 7) is 16.2. The molecule has 3 N–H and O–H groups in total. The zero-order valence-corrected chi connectivity index (χ0v) is 56.3. The molecule has 7 saturated carbocycles. The van der Waals surface area contributed by atoms with Gasteiger partial charge in [-0.15, -0.1) is 0 Å². The second-order valence-electron chi connectivity index (χ2n) is 33.8. The van der Waals surface area contributed by atoms with Gasteiger partial charge in [0, 0.05) is 111 Å². The minimum Gasteiger partial charge on any atom is -0.481 e. The van der Waals surface area contributed by atoms with Crippen LogP contribution in [0.5, 0.6) is 5.75 Å². The van der Waals surface area contributed by atoms with Crippen LogP contribution in [0.2, 0.25) is 0 Å². The molecule has 12 heteroatoms. The van der Waals surface area contributed by atoms with Crippen LogP contribution in [0.25, 0.3) is 0 Å². The second kappa shape index (κ2) is 22.0. The smallest absolute Gasteiger partial charge is 0.174 e. The summed E-state index contributed by atoms with van der Waals surface area (Å²) in [5.74, 6) is 5.56. The van der Waals surface area contributed by atoms with Gasteiger partial charge in [-0.25, -0.2) is 0 Å². The molecule has 8 bridgehead atoms. The topological polar surface area (TPSA) is 151 Å². The summed E-state index contributed by atoms with van der Waals surface area (Å²) < 4.78 is 6.29. The first-order chi connectivity index (χ1) is 44.7. The molecule has 12 nitrogen and oxygen atoms in total. The number of hydrogen-bond donors (Lipinski definition) is 3. The average Bonchev–Trinajstić information content (AvgIpc) is 1.60. The molecular formula is C81H102N4O8. The molecule has 1 unspecified atom stereocenters. The number of nitrogens with zero attached hydrogens (tertiary/aromatic N) is 4. The van der Waals surface area contributed by atoms with E-state index in [2.05, 4.69) is 121 Å². The molecule has 0 amide bonds. The maximum atomic E-state index is 12.8. The van der Waals surface area contributed by atoms with Crippen LogP contribution in [0.3, 0.4) is 0 Å². The van der Waals surface area contributed by atoms with Gasteiger partial charge in [-0.2, -0.15) is 0 Å². The molecule has 20 rings (SSSR count). The third-order valence-corrected chi connectivity index (χ3v) is 28.5. The van der Waals surface area contributed by atoms with Gasteiger partial charge in [0.25, 0.3) is 0 Å². The van der Waals surface area contributed by atoms with E-state index < -0.39 is 28.3 Å². The summed E-state index contributed by atoms with van der Waals surface area (Å²) in [4.78, 5) is 60.0. The van der Waals surface area contributed by atoms with Crippen molar-refractivity contribution >= 4 is 23.1 Å². The predicted molar refractivity (Wildman–Crippen MR) is 359 cm³/mol. The molecule has 11 aliphatic carbocycles. The molecule has 5 aliphatic heterocycles. The minimum atomic E-state index is -0.829. The quantitative estimate of drug-likeness (QED) is 0.169. The number of aryl methyl sites for hydroxylation is 4. The molecule has 5 heterocycles. The maximum absolute atomic E-state index is 12.8. The molecule has 0 radical (unpaired) electrons. The van der Waals surface area contributed by atoms with Gasteiger partial charge >= 0.3 is 0 Å². The number of ketones is 4. The average molecular weight is 1260 g/mol. The summed E-state index contributed by atoms with van der Waals surface area (Å²) >= 11 is 0. The monoisotopic (exact) mass is 1260 g/mol. The highest BCUT2D eigenvalue weighted by atomic mass is 16.5. The fraction of sp³-hybridized carbons (Fsp3) is 0.654. The Bertz CT molecular complexity index is 3760. The van der Waals surface area contributed by atoms with Crippen LogP contribution in [-0.2, 0) is 66.5 Å². The van der Waals surface area contributed by atoms with E-state index in [4.69, 9.17) is 4.74 Å². The summed E-state index contributed by atoms with van der Waals surface area (Å²) in [7, 11) is 2.11. The number of ether oxygens (including phenoxy) is 1. The highest BCUT2D eigenvalue weighted by Gasteiger charge is 2.73. The molecule has 4 aromatic carbocycles. The number of Topliss-reactive ketones (excluding diaryl/α,β-unsaturated/α-hetero) is 4. The number of fused-ring (bicyclic) bond motifs is 3. The van der Waals surface area contributed by atoms with Crippen LogP contribution < -0.4 is 4.74 Å². The molecule has 1 spiro atoms. The van der Waals surface area contributed by atoms with Crippen molar-refractivity contribution in [3.8, 4) is 5.75 Å². The number of benzene rings is 4. The highest BCUT2D eigenvalue weighted by molar-refractivity contribution is 5.90. The number of rotatable bonds is 6. The third kappa shape index (κ3) is 9.39. The van der Waals surface area contributed by atoms with E-state index >= 15 is 0 Å². The Morgan fingerprint density at radius 2 is 0.957 bits per heavy atom. The summed E-state index contributed by atoms with van der Waals surface area (Å²) in [5.41, 5.74) is 12.4. The maximum Gasteiger partial charge on any atom is 0.174 e. The first-order valence-corrected chi connectivity index (χ1v) is 37.0. The molecular weight excluding hydrogens is 1160 g/mol. The number of likely N-dealkylation sites (N-methyl/N-ethyl adjacent to an activating group) is 1. The Hall–Kier alpha value is -4.92. The zero-order valence-electron chi connectivity index (χ0n) is 56.3. The van der Waals surface area contributed by atoms with Crippen molar-refractivity contribution in [1.82, 2.24) is 19.6 Å². The first kappa shape index (κ1) is 61.7. The molecule has 494 valence electrons. The van der Waals surface area contributed by atoms with E-state index in [1.54, 1.807) is 0 Å². The summed E-state index contributed by atoms with van der Waals surface area (Å²) in [6, 6.07) is 25.8. The fourth-order valence-corrected chi connectivity index (χ4v) is 23.3. The molecule has 4 aromatic rings. The number of carbonyl (C=O) groups is 4. The number of piperidine rings is 4. The van der Waals surface area contributed by atoms with Crippen molar-refractivity contribution in [3.05, 3.63) is 133 Å². The van der Waals surface area contributed by atoms with Crippen molar-refractivity contribution in [3.63, 3.8) is 0 Å². The van der Waals surface area contributed by atoms with Gasteiger partial charge < -0.3 is 25.0 Å². The Kier molecular flexibility index (Phi) is 14.6. The Labute approximate surface area is 552 Å². The molecule has 16 aliphatic rings. The van der Waals surface area contributed by atoms with Crippen LogP contribution in [0, 0.1) is 51.4 Å². The minimum absolute atomic E-state index is 0.127.